The lowest BCUT2D eigenvalue weighted by Gasteiger charge is -2.01. The van der Waals surface area contributed by atoms with Crippen molar-refractivity contribution in [3.8, 4) is 0 Å². The van der Waals surface area contributed by atoms with E-state index in [0.29, 0.717) is 0 Å². The van der Waals surface area contributed by atoms with Crippen LogP contribution in [0.25, 0.3) is 0 Å². The third kappa shape index (κ3) is 2.57. The van der Waals surface area contributed by atoms with Crippen molar-refractivity contribution in [2.45, 2.75) is 66.2 Å². The first-order valence-corrected chi connectivity index (χ1v) is 9.56. The zero-order valence-corrected chi connectivity index (χ0v) is 14.0. The van der Waals surface area contributed by atoms with Gasteiger partial charge in [-0.1, -0.05) is 27.7 Å². The predicted octanol–water partition coefficient (Wildman–Crippen LogP) is 5.62. The molecule has 0 amide bonds. The Kier molecular flexibility index (Phi) is 3.24. The molecular weight excluding hydrogens is 240 g/mol. The number of rotatable bonds is 7. The van der Waals surface area contributed by atoms with Crippen LogP contribution in [0.1, 0.15) is 66.2 Å². The van der Waals surface area contributed by atoms with Gasteiger partial charge in [0.05, 0.1) is 0 Å². The van der Waals surface area contributed by atoms with Crippen molar-refractivity contribution in [2.75, 3.05) is 0 Å². The van der Waals surface area contributed by atoms with Crippen molar-refractivity contribution in [2.24, 2.45) is 59.2 Å². The van der Waals surface area contributed by atoms with Crippen LogP contribution in [0.5, 0.6) is 0 Å². The van der Waals surface area contributed by atoms with Gasteiger partial charge in [-0.2, -0.15) is 0 Å². The van der Waals surface area contributed by atoms with E-state index >= 15 is 0 Å². The van der Waals surface area contributed by atoms with Gasteiger partial charge in [0.1, 0.15) is 0 Å². The lowest BCUT2D eigenvalue weighted by atomic mass is 10.0. The second-order valence-electron chi connectivity index (χ2n) is 9.35. The van der Waals surface area contributed by atoms with E-state index in [1.54, 1.807) is 38.5 Å². The van der Waals surface area contributed by atoms with Gasteiger partial charge in [-0.3, -0.25) is 0 Å². The maximum absolute atomic E-state index is 2.54. The Hall–Kier alpha value is 0. The Morgan fingerprint density at radius 1 is 0.600 bits per heavy atom. The van der Waals surface area contributed by atoms with Gasteiger partial charge in [-0.05, 0) is 97.7 Å². The molecule has 4 aliphatic carbocycles. The summed E-state index contributed by atoms with van der Waals surface area (Å²) in [6.45, 7) is 9.89. The largest absolute Gasteiger partial charge is 0.0622 e. The molecule has 0 nitrogen and oxygen atoms in total. The second-order valence-corrected chi connectivity index (χ2v) is 9.35. The summed E-state index contributed by atoms with van der Waals surface area (Å²) in [7, 11) is 0. The first-order chi connectivity index (χ1) is 9.56. The quantitative estimate of drug-likeness (QED) is 0.565. The first kappa shape index (κ1) is 13.6. The maximum Gasteiger partial charge on any atom is -0.0352 e. The number of hydrogen-bond donors (Lipinski definition) is 0. The lowest BCUT2D eigenvalue weighted by molar-refractivity contribution is 0.493. The summed E-state index contributed by atoms with van der Waals surface area (Å²) >= 11 is 0. The van der Waals surface area contributed by atoms with Crippen LogP contribution in [0.3, 0.4) is 0 Å². The maximum atomic E-state index is 2.54. The van der Waals surface area contributed by atoms with Gasteiger partial charge in [-0.15, -0.1) is 0 Å². The molecule has 114 valence electrons. The molecule has 9 atom stereocenters. The Morgan fingerprint density at radius 2 is 1.20 bits per heavy atom. The minimum absolute atomic E-state index is 1.04. The van der Waals surface area contributed by atoms with E-state index in [9.17, 15) is 0 Å². The summed E-state index contributed by atoms with van der Waals surface area (Å²) in [5.74, 6) is 11.0. The molecule has 4 aliphatic rings. The molecule has 0 heteroatoms. The van der Waals surface area contributed by atoms with Crippen LogP contribution in [0.2, 0.25) is 0 Å². The molecule has 9 unspecified atom stereocenters. The first-order valence-electron chi connectivity index (χ1n) is 9.56. The fraction of sp³-hybridized carbons (Fsp3) is 1.00. The third-order valence-electron chi connectivity index (χ3n) is 8.16. The molecule has 4 rings (SSSR count). The van der Waals surface area contributed by atoms with Crippen molar-refractivity contribution in [1.82, 2.24) is 0 Å². The molecule has 0 bridgehead atoms. The SMILES string of the molecule is CC1CC1CC1CC1CC1C(C)C1CCC1C(C)C1C. The third-order valence-corrected chi connectivity index (χ3v) is 8.16. The molecule has 0 aliphatic heterocycles. The van der Waals surface area contributed by atoms with Gasteiger partial charge in [0.2, 0.25) is 0 Å². The average Bonchev–Trinajstić information content (AvgIpc) is 3.34. The molecular formula is C20H34. The minimum atomic E-state index is 1.04. The van der Waals surface area contributed by atoms with Crippen molar-refractivity contribution >= 4 is 0 Å². The van der Waals surface area contributed by atoms with Crippen LogP contribution >= 0.6 is 0 Å². The fourth-order valence-electron chi connectivity index (χ4n) is 5.53. The highest BCUT2D eigenvalue weighted by molar-refractivity contribution is 5.02. The van der Waals surface area contributed by atoms with Crippen LogP contribution in [0.15, 0.2) is 0 Å². The van der Waals surface area contributed by atoms with Gasteiger partial charge < -0.3 is 0 Å². The molecule has 4 fully saturated rings. The van der Waals surface area contributed by atoms with Crippen molar-refractivity contribution in [3.63, 3.8) is 0 Å². The Bertz CT molecular complexity index is 364. The van der Waals surface area contributed by atoms with Gasteiger partial charge in [0, 0.05) is 0 Å². The van der Waals surface area contributed by atoms with E-state index in [2.05, 4.69) is 27.7 Å². The van der Waals surface area contributed by atoms with Crippen molar-refractivity contribution in [3.05, 3.63) is 0 Å². The Labute approximate surface area is 126 Å². The predicted molar refractivity (Wildman–Crippen MR) is 85.3 cm³/mol. The van der Waals surface area contributed by atoms with E-state index in [4.69, 9.17) is 0 Å². The highest BCUT2D eigenvalue weighted by Gasteiger charge is 2.52. The normalized spacial score (nSPS) is 59.4. The Balaban J connectivity index is 1.14. The topological polar surface area (TPSA) is 0 Å². The van der Waals surface area contributed by atoms with Crippen LogP contribution in [-0.4, -0.2) is 0 Å². The molecule has 0 spiro atoms. The van der Waals surface area contributed by atoms with Gasteiger partial charge in [0.15, 0.2) is 0 Å². The van der Waals surface area contributed by atoms with Gasteiger partial charge in [-0.25, -0.2) is 0 Å². The van der Waals surface area contributed by atoms with Crippen molar-refractivity contribution in [1.29, 1.82) is 0 Å². The summed E-state index contributed by atoms with van der Waals surface area (Å²) in [4.78, 5) is 0. The van der Waals surface area contributed by atoms with E-state index in [0.717, 1.165) is 59.2 Å². The molecule has 0 aromatic rings. The van der Waals surface area contributed by atoms with Gasteiger partial charge >= 0.3 is 0 Å². The fourth-order valence-corrected chi connectivity index (χ4v) is 5.53. The van der Waals surface area contributed by atoms with Crippen LogP contribution in [-0.2, 0) is 0 Å². The molecule has 0 aromatic carbocycles. The second kappa shape index (κ2) is 4.75. The van der Waals surface area contributed by atoms with Crippen molar-refractivity contribution < 1.29 is 0 Å². The highest BCUT2D eigenvalue weighted by atomic mass is 14.6. The Morgan fingerprint density at radius 3 is 1.80 bits per heavy atom. The smallest absolute Gasteiger partial charge is 0.0352 e. The molecule has 0 aromatic heterocycles. The monoisotopic (exact) mass is 274 g/mol. The van der Waals surface area contributed by atoms with E-state index in [1.165, 1.54) is 0 Å². The average molecular weight is 274 g/mol. The standard InChI is InChI=1S/C20H34/c1-11-7-15(11)8-16-9-17(16)10-20-14(4)19(20)6-5-18-12(2)13(18)3/h11-20H,5-10H2,1-4H3. The zero-order valence-electron chi connectivity index (χ0n) is 14.0. The molecule has 0 heterocycles. The summed E-state index contributed by atoms with van der Waals surface area (Å²) in [5.41, 5.74) is 0. The summed E-state index contributed by atoms with van der Waals surface area (Å²) in [6.07, 6.45) is 9.44. The highest BCUT2D eigenvalue weighted by Crippen LogP contribution is 2.61. The van der Waals surface area contributed by atoms with Crippen LogP contribution in [0.4, 0.5) is 0 Å². The summed E-state index contributed by atoms with van der Waals surface area (Å²) in [5, 5.41) is 0. The van der Waals surface area contributed by atoms with Gasteiger partial charge in [0.25, 0.3) is 0 Å². The molecule has 0 radical (unpaired) electrons. The summed E-state index contributed by atoms with van der Waals surface area (Å²) < 4.78 is 0. The molecule has 20 heavy (non-hydrogen) atoms. The number of hydrogen-bond acceptors (Lipinski definition) is 0. The zero-order chi connectivity index (χ0) is 14.0. The lowest BCUT2D eigenvalue weighted by Crippen LogP contribution is -1.91. The van der Waals surface area contributed by atoms with Crippen LogP contribution < -0.4 is 0 Å². The minimum Gasteiger partial charge on any atom is -0.0622 e. The van der Waals surface area contributed by atoms with Crippen LogP contribution in [0, 0.1) is 59.2 Å². The molecule has 0 N–H and O–H groups in total. The van der Waals surface area contributed by atoms with E-state index in [1.807, 2.05) is 0 Å². The van der Waals surface area contributed by atoms with E-state index in [-0.39, 0.29) is 0 Å². The van der Waals surface area contributed by atoms with E-state index < -0.39 is 0 Å². The molecule has 0 saturated heterocycles. The molecule has 4 saturated carbocycles. The summed E-state index contributed by atoms with van der Waals surface area (Å²) in [6, 6.07) is 0.